The summed E-state index contributed by atoms with van der Waals surface area (Å²) in [5.41, 5.74) is 2.83. The molecule has 0 saturated carbocycles. The van der Waals surface area contributed by atoms with Gasteiger partial charge in [0, 0.05) is 13.0 Å². The van der Waals surface area contributed by atoms with Crippen LogP contribution in [0.15, 0.2) is 63.7 Å². The Morgan fingerprint density at radius 3 is 2.52 bits per heavy atom. The van der Waals surface area contributed by atoms with Crippen LogP contribution in [0.3, 0.4) is 0 Å². The molecule has 3 rings (SSSR count). The molecule has 1 unspecified atom stereocenters. The third-order valence-corrected chi connectivity index (χ3v) is 5.51. The Morgan fingerprint density at radius 2 is 1.90 bits per heavy atom. The lowest BCUT2D eigenvalue weighted by molar-refractivity contribution is 0.0777. The van der Waals surface area contributed by atoms with Gasteiger partial charge < -0.3 is 10.0 Å². The van der Waals surface area contributed by atoms with Gasteiger partial charge in [0.15, 0.2) is 6.23 Å². The number of nitrogens with zero attached hydrogens (tertiary/aromatic N) is 3. The molecule has 0 fully saturated rings. The van der Waals surface area contributed by atoms with Crippen molar-refractivity contribution in [3.8, 4) is 17.2 Å². The molecule has 4 nitrogen and oxygen atoms in total. The Hall–Kier alpha value is -2.56. The third-order valence-electron chi connectivity index (χ3n) is 4.69. The fourth-order valence-electron chi connectivity index (χ4n) is 3.24. The molecule has 150 valence electrons. The van der Waals surface area contributed by atoms with Crippen LogP contribution in [0.2, 0.25) is 0 Å². The Morgan fingerprint density at radius 1 is 1.21 bits per heavy atom. The maximum Gasteiger partial charge on any atom is 0.281 e. The van der Waals surface area contributed by atoms with E-state index in [0.717, 1.165) is 23.1 Å². The summed E-state index contributed by atoms with van der Waals surface area (Å²) in [5, 5.41) is 19.9. The molecule has 0 aromatic heterocycles. The van der Waals surface area contributed by atoms with Crippen molar-refractivity contribution >= 4 is 21.8 Å². The fourth-order valence-corrected chi connectivity index (χ4v) is 3.75. The van der Waals surface area contributed by atoms with Crippen molar-refractivity contribution in [2.75, 3.05) is 0 Å². The topological polar surface area (TPSA) is 59.6 Å². The minimum atomic E-state index is -2.76. The fraction of sp³-hybridized carbons (Fsp3) is 0.273. The summed E-state index contributed by atoms with van der Waals surface area (Å²) < 4.78 is 26.5. The second-order valence-corrected chi connectivity index (χ2v) is 7.52. The second kappa shape index (κ2) is 9.29. The highest BCUT2D eigenvalue weighted by Crippen LogP contribution is 2.32. The smallest absolute Gasteiger partial charge is 0.281 e. The monoisotopic (exact) mass is 459 g/mol. The van der Waals surface area contributed by atoms with Gasteiger partial charge in [-0.05, 0) is 45.1 Å². The molecule has 1 aliphatic heterocycles. The van der Waals surface area contributed by atoms with Crippen LogP contribution in [0.5, 0.6) is 0 Å². The maximum absolute atomic E-state index is 13.2. The summed E-state index contributed by atoms with van der Waals surface area (Å²) in [6.07, 6.45) is -2.76. The van der Waals surface area contributed by atoms with E-state index in [1.54, 1.807) is 11.0 Å². The van der Waals surface area contributed by atoms with Crippen LogP contribution in [0, 0.1) is 11.3 Å². The van der Waals surface area contributed by atoms with Crippen molar-refractivity contribution in [3.63, 3.8) is 0 Å². The van der Waals surface area contributed by atoms with Crippen LogP contribution in [0.25, 0.3) is 11.1 Å². The number of halogens is 3. The van der Waals surface area contributed by atoms with Gasteiger partial charge in [-0.25, -0.2) is 13.8 Å². The Bertz CT molecular complexity index is 980. The van der Waals surface area contributed by atoms with Gasteiger partial charge in [0.2, 0.25) is 0 Å². The molecule has 1 N–H and O–H groups in total. The molecule has 1 aliphatic rings. The molecule has 0 radical (unpaired) electrons. The summed E-state index contributed by atoms with van der Waals surface area (Å²) >= 11 is 3.08. The minimum Gasteiger partial charge on any atom is -0.369 e. The lowest BCUT2D eigenvalue weighted by Gasteiger charge is -2.35. The molecular weight excluding hydrogens is 440 g/mol. The van der Waals surface area contributed by atoms with Crippen molar-refractivity contribution < 1.29 is 13.9 Å². The van der Waals surface area contributed by atoms with Gasteiger partial charge in [-0.2, -0.15) is 5.26 Å². The number of nitriles is 1. The molecule has 2 aromatic carbocycles. The summed E-state index contributed by atoms with van der Waals surface area (Å²) in [6, 6.07) is 17.2. The normalized spacial score (nSPS) is 16.8. The lowest BCUT2D eigenvalue weighted by Crippen LogP contribution is -2.43. The van der Waals surface area contributed by atoms with E-state index in [1.165, 1.54) is 0 Å². The first kappa shape index (κ1) is 21.2. The molecule has 2 aromatic rings. The first-order chi connectivity index (χ1) is 14.0. The number of aliphatic imine (C=N–C) groups is 1. The average molecular weight is 460 g/mol. The predicted molar refractivity (Wildman–Crippen MR) is 112 cm³/mol. The second-order valence-electron chi connectivity index (χ2n) is 6.67. The number of hydrogen-bond acceptors (Lipinski definition) is 4. The van der Waals surface area contributed by atoms with Gasteiger partial charge in [-0.1, -0.05) is 49.4 Å². The third kappa shape index (κ3) is 4.55. The van der Waals surface area contributed by atoms with E-state index >= 15 is 0 Å². The van der Waals surface area contributed by atoms with Crippen LogP contribution in [-0.4, -0.2) is 28.5 Å². The molecule has 0 spiro atoms. The average Bonchev–Trinajstić information content (AvgIpc) is 2.73. The van der Waals surface area contributed by atoms with E-state index in [1.807, 2.05) is 49.4 Å². The molecule has 29 heavy (non-hydrogen) atoms. The lowest BCUT2D eigenvalue weighted by atomic mass is 9.99. The number of aliphatic hydroxyl groups excluding tert-OH is 1. The van der Waals surface area contributed by atoms with E-state index in [9.17, 15) is 19.1 Å². The minimum absolute atomic E-state index is 0.00748. The van der Waals surface area contributed by atoms with Gasteiger partial charge in [-0.15, -0.1) is 0 Å². The number of benzene rings is 2. The Labute approximate surface area is 176 Å². The van der Waals surface area contributed by atoms with Gasteiger partial charge >= 0.3 is 0 Å². The molecular formula is C22H20BrF2N3O. The van der Waals surface area contributed by atoms with Gasteiger partial charge in [-0.3, -0.25) is 0 Å². The van der Waals surface area contributed by atoms with E-state index in [-0.39, 0.29) is 4.48 Å². The Kier molecular flexibility index (Phi) is 6.78. The van der Waals surface area contributed by atoms with E-state index in [0.29, 0.717) is 24.4 Å². The maximum atomic E-state index is 13.2. The first-order valence-electron chi connectivity index (χ1n) is 9.24. The molecule has 1 atom stereocenters. The van der Waals surface area contributed by atoms with E-state index in [2.05, 4.69) is 27.0 Å². The van der Waals surface area contributed by atoms with Crippen LogP contribution in [-0.2, 0) is 6.54 Å². The van der Waals surface area contributed by atoms with Crippen LogP contribution in [0.1, 0.15) is 30.9 Å². The van der Waals surface area contributed by atoms with E-state index in [4.69, 9.17) is 0 Å². The van der Waals surface area contributed by atoms with Crippen LogP contribution in [0.4, 0.5) is 8.78 Å². The van der Waals surface area contributed by atoms with Gasteiger partial charge in [0.1, 0.15) is 11.5 Å². The van der Waals surface area contributed by atoms with Crippen molar-refractivity contribution in [2.45, 2.75) is 39.0 Å². The summed E-state index contributed by atoms with van der Waals surface area (Å²) in [6.45, 7) is 2.26. The zero-order chi connectivity index (χ0) is 21.0. The van der Waals surface area contributed by atoms with Crippen LogP contribution < -0.4 is 0 Å². The zero-order valence-electron chi connectivity index (χ0n) is 15.8. The number of rotatable bonds is 6. The Balaban J connectivity index is 1.86. The standard InChI is InChI=1S/C22H20BrF2N3O/c1-2-5-18-27-20(21(24)25)19(23)22(29)28(18)13-14-8-10-15(11-9-14)17-7-4-3-6-16(17)12-26/h3-4,6-11,21-22,29H,2,5,13H2,1H3. The summed E-state index contributed by atoms with van der Waals surface area (Å²) in [5.74, 6) is 0.442. The summed E-state index contributed by atoms with van der Waals surface area (Å²) in [4.78, 5) is 5.72. The molecule has 0 bridgehead atoms. The largest absolute Gasteiger partial charge is 0.369 e. The van der Waals surface area contributed by atoms with E-state index < -0.39 is 18.4 Å². The highest BCUT2D eigenvalue weighted by molar-refractivity contribution is 9.11. The molecule has 0 aliphatic carbocycles. The number of allylic oxidation sites excluding steroid dienone is 1. The highest BCUT2D eigenvalue weighted by Gasteiger charge is 2.32. The zero-order valence-corrected chi connectivity index (χ0v) is 17.4. The molecule has 7 heteroatoms. The molecule has 0 saturated heterocycles. The van der Waals surface area contributed by atoms with Crippen molar-refractivity contribution in [3.05, 3.63) is 69.8 Å². The number of alkyl halides is 2. The number of aliphatic hydroxyl groups is 1. The molecule has 0 amide bonds. The number of hydrogen-bond donors (Lipinski definition) is 1. The highest BCUT2D eigenvalue weighted by atomic mass is 79.9. The van der Waals surface area contributed by atoms with Crippen molar-refractivity contribution in [2.24, 2.45) is 4.99 Å². The SMILES string of the molecule is CCCC1=NC(C(F)F)=C(Br)C(O)N1Cc1ccc(-c2ccccc2C#N)cc1. The van der Waals surface area contributed by atoms with Crippen molar-refractivity contribution in [1.29, 1.82) is 5.26 Å². The quantitative estimate of drug-likeness (QED) is 0.626. The molecule has 1 heterocycles. The first-order valence-corrected chi connectivity index (χ1v) is 10.0. The van der Waals surface area contributed by atoms with Crippen molar-refractivity contribution in [1.82, 2.24) is 4.90 Å². The summed E-state index contributed by atoms with van der Waals surface area (Å²) in [7, 11) is 0. The predicted octanol–water partition coefficient (Wildman–Crippen LogP) is 5.43. The van der Waals surface area contributed by atoms with Gasteiger partial charge in [0.05, 0.1) is 16.1 Å². The van der Waals surface area contributed by atoms with Crippen LogP contribution >= 0.6 is 15.9 Å². The van der Waals surface area contributed by atoms with Gasteiger partial charge in [0.25, 0.3) is 6.43 Å². The number of amidine groups is 1.